The quantitative estimate of drug-likeness (QED) is 0.246. The highest BCUT2D eigenvalue weighted by molar-refractivity contribution is 7.98. The highest BCUT2D eigenvalue weighted by Crippen LogP contribution is 2.33. The van der Waals surface area contributed by atoms with Crippen molar-refractivity contribution in [3.05, 3.63) is 118 Å². The second kappa shape index (κ2) is 9.33. The molecule has 0 spiro atoms. The highest BCUT2D eigenvalue weighted by atomic mass is 35.5. The molecule has 158 valence electrons. The molecular formula is C26H19ClN2OS2. The van der Waals surface area contributed by atoms with Crippen molar-refractivity contribution in [3.63, 3.8) is 0 Å². The minimum Gasteiger partial charge on any atom is -0.326 e. The molecule has 32 heavy (non-hydrogen) atoms. The van der Waals surface area contributed by atoms with Gasteiger partial charge in [-0.3, -0.25) is 4.79 Å². The average molecular weight is 475 g/mol. The number of fused-ring (bicyclic) bond motifs is 1. The van der Waals surface area contributed by atoms with Gasteiger partial charge in [-0.25, -0.2) is 0 Å². The fourth-order valence-electron chi connectivity index (χ4n) is 3.50. The molecule has 0 amide bonds. The lowest BCUT2D eigenvalue weighted by atomic mass is 10.2. The molecule has 0 N–H and O–H groups in total. The van der Waals surface area contributed by atoms with Crippen LogP contribution in [0.25, 0.3) is 20.7 Å². The van der Waals surface area contributed by atoms with Crippen LogP contribution in [0.2, 0.25) is 5.02 Å². The summed E-state index contributed by atoms with van der Waals surface area (Å²) < 4.78 is 2.70. The van der Waals surface area contributed by atoms with Crippen molar-refractivity contribution in [3.8, 4) is 10.4 Å². The normalized spacial score (nSPS) is 11.2. The van der Waals surface area contributed by atoms with Gasteiger partial charge in [-0.05, 0) is 47.0 Å². The minimum absolute atomic E-state index is 0.182. The third-order valence-corrected chi connectivity index (χ3v) is 7.68. The number of aromatic nitrogens is 2. The van der Waals surface area contributed by atoms with Gasteiger partial charge in [0.05, 0.1) is 11.8 Å². The zero-order valence-electron chi connectivity index (χ0n) is 17.1. The molecule has 0 bridgehead atoms. The molecule has 2 aromatic heterocycles. The van der Waals surface area contributed by atoms with Gasteiger partial charge in [0, 0.05) is 27.1 Å². The van der Waals surface area contributed by atoms with Crippen molar-refractivity contribution in [2.24, 2.45) is 0 Å². The Bertz CT molecular complexity index is 1410. The lowest BCUT2D eigenvalue weighted by Crippen LogP contribution is -2.11. The third-order valence-electron chi connectivity index (χ3n) is 5.18. The predicted octanol–water partition coefficient (Wildman–Crippen LogP) is 7.12. The van der Waals surface area contributed by atoms with Crippen molar-refractivity contribution >= 4 is 44.9 Å². The Balaban J connectivity index is 1.40. The summed E-state index contributed by atoms with van der Waals surface area (Å²) in [6.07, 6.45) is 1.62. The summed E-state index contributed by atoms with van der Waals surface area (Å²) in [5, 5.41) is 0.708. The molecular weight excluding hydrogens is 456 g/mol. The number of hydrogen-bond acceptors (Lipinski definition) is 4. The summed E-state index contributed by atoms with van der Waals surface area (Å²) in [4.78, 5) is 18.8. The van der Waals surface area contributed by atoms with Gasteiger partial charge in [-0.2, -0.15) is 4.98 Å². The van der Waals surface area contributed by atoms with E-state index in [0.717, 1.165) is 27.3 Å². The summed E-state index contributed by atoms with van der Waals surface area (Å²) in [6.45, 7) is 0.631. The molecule has 5 rings (SSSR count). The van der Waals surface area contributed by atoms with E-state index in [-0.39, 0.29) is 5.56 Å². The van der Waals surface area contributed by atoms with E-state index >= 15 is 0 Å². The summed E-state index contributed by atoms with van der Waals surface area (Å²) in [7, 11) is 0. The van der Waals surface area contributed by atoms with Crippen molar-refractivity contribution < 1.29 is 0 Å². The van der Waals surface area contributed by atoms with Gasteiger partial charge in [-0.15, -0.1) is 23.1 Å². The number of benzene rings is 3. The van der Waals surface area contributed by atoms with E-state index in [2.05, 4.69) is 59.6 Å². The van der Waals surface area contributed by atoms with Crippen LogP contribution < -0.4 is 5.56 Å². The molecule has 3 nitrogen and oxygen atoms in total. The van der Waals surface area contributed by atoms with Crippen LogP contribution in [0, 0.1) is 0 Å². The summed E-state index contributed by atoms with van der Waals surface area (Å²) in [5.41, 5.74) is 4.24. The Kier molecular flexibility index (Phi) is 6.12. The van der Waals surface area contributed by atoms with E-state index in [4.69, 9.17) is 11.6 Å². The van der Waals surface area contributed by atoms with Crippen LogP contribution in [0.3, 0.4) is 0 Å². The lowest BCUT2D eigenvalue weighted by Gasteiger charge is -2.07. The van der Waals surface area contributed by atoms with E-state index in [1.54, 1.807) is 6.33 Å². The molecule has 0 aliphatic rings. The Morgan fingerprint density at radius 3 is 2.41 bits per heavy atom. The maximum atomic E-state index is 12.4. The molecule has 3 aromatic carbocycles. The number of nitrogens with zero attached hydrogens (tertiary/aromatic N) is 2. The number of thioether (sulfide) groups is 1. The van der Waals surface area contributed by atoms with Crippen LogP contribution in [0.4, 0.5) is 0 Å². The first-order valence-corrected chi connectivity index (χ1v) is 12.3. The molecule has 5 aromatic rings. The Morgan fingerprint density at radius 2 is 1.66 bits per heavy atom. The zero-order valence-corrected chi connectivity index (χ0v) is 19.5. The Morgan fingerprint density at radius 1 is 0.906 bits per heavy atom. The first-order chi connectivity index (χ1) is 15.7. The maximum Gasteiger partial charge on any atom is 0.290 e. The molecule has 0 radical (unpaired) electrons. The van der Waals surface area contributed by atoms with Crippen LogP contribution >= 0.6 is 34.7 Å². The number of thiophene rings is 1. The largest absolute Gasteiger partial charge is 0.326 e. The van der Waals surface area contributed by atoms with E-state index in [9.17, 15) is 4.79 Å². The summed E-state index contributed by atoms with van der Waals surface area (Å²) >= 11 is 9.32. The lowest BCUT2D eigenvalue weighted by molar-refractivity contribution is 0.800. The molecule has 0 aliphatic carbocycles. The zero-order chi connectivity index (χ0) is 21.9. The van der Waals surface area contributed by atoms with Gasteiger partial charge in [0.15, 0.2) is 0 Å². The second-order valence-corrected chi connectivity index (χ2v) is 9.97. The molecule has 6 heteroatoms. The molecule has 0 saturated carbocycles. The van der Waals surface area contributed by atoms with E-state index in [1.807, 2.05) is 46.7 Å². The molecule has 0 unspecified atom stereocenters. The molecule has 0 saturated heterocycles. The first-order valence-electron chi connectivity index (χ1n) is 10.2. The van der Waals surface area contributed by atoms with Crippen LogP contribution in [0.5, 0.6) is 0 Å². The van der Waals surface area contributed by atoms with Crippen molar-refractivity contribution in [2.45, 2.75) is 17.2 Å². The Labute approximate surface area is 199 Å². The van der Waals surface area contributed by atoms with E-state index < -0.39 is 0 Å². The smallest absolute Gasteiger partial charge is 0.290 e. The van der Waals surface area contributed by atoms with Crippen molar-refractivity contribution in [1.82, 2.24) is 9.55 Å². The number of rotatable bonds is 6. The average Bonchev–Trinajstić information content (AvgIpc) is 3.29. The Hall–Kier alpha value is -2.86. The number of halogens is 1. The van der Waals surface area contributed by atoms with Crippen LogP contribution in [0.1, 0.15) is 11.1 Å². The molecule has 0 fully saturated rings. The van der Waals surface area contributed by atoms with Crippen LogP contribution in [-0.4, -0.2) is 9.55 Å². The van der Waals surface area contributed by atoms with Crippen LogP contribution in [-0.2, 0) is 12.3 Å². The van der Waals surface area contributed by atoms with Gasteiger partial charge in [-0.1, -0.05) is 66.2 Å². The second-order valence-electron chi connectivity index (χ2n) is 7.43. The fraction of sp³-hybridized carbons (Fsp3) is 0.0769. The summed E-state index contributed by atoms with van der Waals surface area (Å²) in [6, 6.07) is 28.8. The highest BCUT2D eigenvalue weighted by Gasteiger charge is 2.11. The van der Waals surface area contributed by atoms with Crippen molar-refractivity contribution in [2.75, 3.05) is 0 Å². The number of hydrogen-bond donors (Lipinski definition) is 0. The summed E-state index contributed by atoms with van der Waals surface area (Å²) in [5.74, 6) is 0.943. The van der Waals surface area contributed by atoms with Gasteiger partial charge in [0.25, 0.3) is 5.56 Å². The van der Waals surface area contributed by atoms with E-state index in [1.165, 1.54) is 21.8 Å². The van der Waals surface area contributed by atoms with Crippen molar-refractivity contribution in [1.29, 1.82) is 0 Å². The SMILES string of the molecule is O=c1ncn(Cc2ccc(Cl)cc2)c2cc(-c3ccc(SCc4ccccc4)cc3)sc12. The van der Waals surface area contributed by atoms with Gasteiger partial charge in [0.2, 0.25) is 0 Å². The van der Waals surface area contributed by atoms with Gasteiger partial charge >= 0.3 is 0 Å². The maximum absolute atomic E-state index is 12.4. The topological polar surface area (TPSA) is 34.9 Å². The molecule has 2 heterocycles. The fourth-order valence-corrected chi connectivity index (χ4v) is 5.55. The predicted molar refractivity (Wildman–Crippen MR) is 136 cm³/mol. The third kappa shape index (κ3) is 4.65. The van der Waals surface area contributed by atoms with Gasteiger partial charge < -0.3 is 4.57 Å². The first kappa shape index (κ1) is 21.0. The standard InChI is InChI=1S/C26H19ClN2OS2/c27-21-10-6-18(7-11-21)15-29-17-28-26(30)25-23(29)14-24(32-25)20-8-12-22(13-9-20)31-16-19-4-2-1-3-5-19/h1-14,17H,15-16H2. The molecule has 0 aliphatic heterocycles. The van der Waals surface area contributed by atoms with E-state index in [0.29, 0.717) is 16.3 Å². The minimum atomic E-state index is -0.182. The monoisotopic (exact) mass is 474 g/mol. The van der Waals surface area contributed by atoms with Gasteiger partial charge in [0.1, 0.15) is 4.70 Å². The molecule has 0 atom stereocenters. The van der Waals surface area contributed by atoms with Crippen LogP contribution in [0.15, 0.2) is 101 Å².